The van der Waals surface area contributed by atoms with Crippen LogP contribution in [0.25, 0.3) is 0 Å². The second-order valence-corrected chi connectivity index (χ2v) is 9.51. The van der Waals surface area contributed by atoms with Crippen molar-refractivity contribution < 1.29 is 18.0 Å². The zero-order valence-electron chi connectivity index (χ0n) is 18.8. The van der Waals surface area contributed by atoms with Crippen LogP contribution in [0.4, 0.5) is 5.69 Å². The first-order chi connectivity index (χ1) is 14.6. The Kier molecular flexibility index (Phi) is 8.21. The number of benzene rings is 2. The molecule has 0 aliphatic rings. The van der Waals surface area contributed by atoms with Gasteiger partial charge in [-0.1, -0.05) is 55.0 Å². The average molecular weight is 446 g/mol. The van der Waals surface area contributed by atoms with Crippen LogP contribution < -0.4 is 9.62 Å². The van der Waals surface area contributed by atoms with Gasteiger partial charge >= 0.3 is 0 Å². The Labute approximate surface area is 185 Å². The van der Waals surface area contributed by atoms with Gasteiger partial charge in [0.2, 0.25) is 21.8 Å². The zero-order chi connectivity index (χ0) is 23.2. The SMILES string of the molecule is CC[C@@H](C(=O)NC)N(Cc1cccc(C)c1)C(=O)CN(c1ccccc1C)S(C)(=O)=O. The van der Waals surface area contributed by atoms with Crippen molar-refractivity contribution in [2.75, 3.05) is 24.2 Å². The molecular weight excluding hydrogens is 414 g/mol. The summed E-state index contributed by atoms with van der Waals surface area (Å²) in [7, 11) is -2.20. The molecule has 0 bridgehead atoms. The molecule has 2 rings (SSSR count). The molecule has 1 atom stereocenters. The molecule has 0 aliphatic carbocycles. The Morgan fingerprint density at radius 1 is 1.06 bits per heavy atom. The first-order valence-corrected chi connectivity index (χ1v) is 12.0. The first-order valence-electron chi connectivity index (χ1n) is 10.2. The van der Waals surface area contributed by atoms with Crippen LogP contribution in [0.5, 0.6) is 0 Å². The number of nitrogens with zero attached hydrogens (tertiary/aromatic N) is 2. The lowest BCUT2D eigenvalue weighted by molar-refractivity contribution is -0.140. The fourth-order valence-corrected chi connectivity index (χ4v) is 4.44. The van der Waals surface area contributed by atoms with E-state index in [-0.39, 0.29) is 19.0 Å². The van der Waals surface area contributed by atoms with E-state index in [4.69, 9.17) is 0 Å². The van der Waals surface area contributed by atoms with E-state index < -0.39 is 22.0 Å². The number of nitrogens with one attached hydrogen (secondary N) is 1. The largest absolute Gasteiger partial charge is 0.357 e. The van der Waals surface area contributed by atoms with Gasteiger partial charge in [-0.2, -0.15) is 0 Å². The summed E-state index contributed by atoms with van der Waals surface area (Å²) in [6.45, 7) is 5.39. The topological polar surface area (TPSA) is 86.8 Å². The molecule has 0 saturated carbocycles. The van der Waals surface area contributed by atoms with Gasteiger partial charge in [0.15, 0.2) is 0 Å². The van der Waals surface area contributed by atoms with E-state index in [9.17, 15) is 18.0 Å². The van der Waals surface area contributed by atoms with Crippen molar-refractivity contribution in [1.82, 2.24) is 10.2 Å². The van der Waals surface area contributed by atoms with Gasteiger partial charge in [-0.05, 0) is 37.5 Å². The van der Waals surface area contributed by atoms with Gasteiger partial charge in [-0.25, -0.2) is 8.42 Å². The summed E-state index contributed by atoms with van der Waals surface area (Å²) in [5.74, 6) is -0.726. The summed E-state index contributed by atoms with van der Waals surface area (Å²) >= 11 is 0. The van der Waals surface area contributed by atoms with Crippen molar-refractivity contribution in [2.45, 2.75) is 39.8 Å². The fraction of sp³-hybridized carbons (Fsp3) is 0.391. The number of likely N-dealkylation sites (N-methyl/N-ethyl adjacent to an activating group) is 1. The molecule has 0 unspecified atom stereocenters. The maximum absolute atomic E-state index is 13.4. The zero-order valence-corrected chi connectivity index (χ0v) is 19.6. The summed E-state index contributed by atoms with van der Waals surface area (Å²) in [5.41, 5.74) is 3.10. The van der Waals surface area contributed by atoms with Crippen molar-refractivity contribution in [1.29, 1.82) is 0 Å². The molecule has 2 amide bonds. The lowest BCUT2D eigenvalue weighted by Gasteiger charge is -2.33. The average Bonchev–Trinajstić information content (AvgIpc) is 2.71. The molecular formula is C23H31N3O4S. The summed E-state index contributed by atoms with van der Waals surface area (Å²) < 4.78 is 26.2. The number of hydrogen-bond donors (Lipinski definition) is 1. The van der Waals surface area contributed by atoms with Crippen LogP contribution in [0.15, 0.2) is 48.5 Å². The Balaban J connectivity index is 2.44. The first kappa shape index (κ1) is 24.4. The van der Waals surface area contributed by atoms with E-state index in [1.165, 1.54) is 11.9 Å². The minimum absolute atomic E-state index is 0.206. The van der Waals surface area contributed by atoms with E-state index >= 15 is 0 Å². The minimum Gasteiger partial charge on any atom is -0.357 e. The number of amides is 2. The fourth-order valence-electron chi connectivity index (χ4n) is 3.53. The molecule has 0 radical (unpaired) electrons. The van der Waals surface area contributed by atoms with Crippen LogP contribution in [0.3, 0.4) is 0 Å². The number of sulfonamides is 1. The van der Waals surface area contributed by atoms with Gasteiger partial charge in [0.25, 0.3) is 0 Å². The Morgan fingerprint density at radius 3 is 2.29 bits per heavy atom. The van der Waals surface area contributed by atoms with Gasteiger partial charge in [-0.3, -0.25) is 13.9 Å². The Hall–Kier alpha value is -2.87. The highest BCUT2D eigenvalue weighted by Crippen LogP contribution is 2.23. The monoisotopic (exact) mass is 445 g/mol. The van der Waals surface area contributed by atoms with E-state index in [1.54, 1.807) is 25.1 Å². The number of aryl methyl sites for hydroxylation is 2. The highest BCUT2D eigenvalue weighted by molar-refractivity contribution is 7.92. The number of rotatable bonds is 9. The molecule has 31 heavy (non-hydrogen) atoms. The van der Waals surface area contributed by atoms with E-state index in [0.717, 1.165) is 27.3 Å². The predicted octanol–water partition coefficient (Wildman–Crippen LogP) is 2.62. The highest BCUT2D eigenvalue weighted by Gasteiger charge is 2.31. The third-order valence-electron chi connectivity index (χ3n) is 5.13. The highest BCUT2D eigenvalue weighted by atomic mass is 32.2. The van der Waals surface area contributed by atoms with Crippen LogP contribution in [0, 0.1) is 13.8 Å². The van der Waals surface area contributed by atoms with Crippen LogP contribution in [0.1, 0.15) is 30.0 Å². The van der Waals surface area contributed by atoms with Crippen LogP contribution >= 0.6 is 0 Å². The quantitative estimate of drug-likeness (QED) is 0.643. The van der Waals surface area contributed by atoms with E-state index in [0.29, 0.717) is 12.1 Å². The molecule has 168 valence electrons. The van der Waals surface area contributed by atoms with Crippen LogP contribution in [-0.4, -0.2) is 51.0 Å². The standard InChI is InChI=1S/C23H31N3O4S/c1-6-20(23(28)24-4)25(15-19-12-9-10-17(2)14-19)22(27)16-26(31(5,29)30)21-13-8-7-11-18(21)3/h7-14,20H,6,15-16H2,1-5H3,(H,24,28)/t20-/m0/s1. The van der Waals surface area contributed by atoms with E-state index in [1.807, 2.05) is 44.2 Å². The van der Waals surface area contributed by atoms with Gasteiger partial charge in [0.05, 0.1) is 11.9 Å². The molecule has 0 aromatic heterocycles. The van der Waals surface area contributed by atoms with Gasteiger partial charge in [-0.15, -0.1) is 0 Å². The maximum Gasteiger partial charge on any atom is 0.244 e. The molecule has 0 spiro atoms. The molecule has 8 heteroatoms. The van der Waals surface area contributed by atoms with Crippen LogP contribution in [0.2, 0.25) is 0 Å². The summed E-state index contributed by atoms with van der Waals surface area (Å²) in [6.07, 6.45) is 1.48. The Bertz CT molecular complexity index is 1040. The Morgan fingerprint density at radius 2 is 1.74 bits per heavy atom. The van der Waals surface area contributed by atoms with Gasteiger partial charge in [0.1, 0.15) is 12.6 Å². The van der Waals surface area contributed by atoms with Crippen molar-refractivity contribution >= 4 is 27.5 Å². The van der Waals surface area contributed by atoms with Crippen molar-refractivity contribution in [2.24, 2.45) is 0 Å². The number of carbonyl (C=O) groups excluding carboxylic acids is 2. The number of para-hydroxylation sites is 1. The lowest BCUT2D eigenvalue weighted by Crippen LogP contribution is -2.51. The normalized spacial score (nSPS) is 12.2. The molecule has 0 fully saturated rings. The predicted molar refractivity (Wildman–Crippen MR) is 123 cm³/mol. The molecule has 0 aliphatic heterocycles. The molecule has 2 aromatic carbocycles. The number of anilines is 1. The second-order valence-electron chi connectivity index (χ2n) is 7.61. The van der Waals surface area contributed by atoms with Crippen molar-refractivity contribution in [3.05, 3.63) is 65.2 Å². The molecule has 1 N–H and O–H groups in total. The lowest BCUT2D eigenvalue weighted by atomic mass is 10.1. The van der Waals surface area contributed by atoms with Gasteiger partial charge in [0, 0.05) is 13.6 Å². The number of hydrogen-bond acceptors (Lipinski definition) is 4. The molecule has 7 nitrogen and oxygen atoms in total. The maximum atomic E-state index is 13.4. The van der Waals surface area contributed by atoms with Crippen molar-refractivity contribution in [3.63, 3.8) is 0 Å². The molecule has 0 heterocycles. The molecule has 0 saturated heterocycles. The second kappa shape index (κ2) is 10.4. The van der Waals surface area contributed by atoms with Crippen molar-refractivity contribution in [3.8, 4) is 0 Å². The van der Waals surface area contributed by atoms with Gasteiger partial charge < -0.3 is 10.2 Å². The summed E-state index contributed by atoms with van der Waals surface area (Å²) in [4.78, 5) is 27.4. The summed E-state index contributed by atoms with van der Waals surface area (Å²) in [6, 6.07) is 14.0. The number of carbonyl (C=O) groups is 2. The van der Waals surface area contributed by atoms with E-state index in [2.05, 4.69) is 5.32 Å². The smallest absolute Gasteiger partial charge is 0.244 e. The summed E-state index contributed by atoms with van der Waals surface area (Å²) in [5, 5.41) is 2.61. The third kappa shape index (κ3) is 6.30. The minimum atomic E-state index is -3.72. The molecule has 2 aromatic rings. The van der Waals surface area contributed by atoms with Crippen LogP contribution in [-0.2, 0) is 26.2 Å². The third-order valence-corrected chi connectivity index (χ3v) is 6.26.